The van der Waals surface area contributed by atoms with Crippen molar-refractivity contribution in [1.82, 2.24) is 9.88 Å². The van der Waals surface area contributed by atoms with Gasteiger partial charge in [0.1, 0.15) is 5.56 Å². The van der Waals surface area contributed by atoms with Gasteiger partial charge in [-0.25, -0.2) is 0 Å². The molecule has 0 atom stereocenters. The number of pyridine rings is 1. The lowest BCUT2D eigenvalue weighted by Crippen LogP contribution is -2.33. The van der Waals surface area contributed by atoms with Crippen LogP contribution in [0.5, 0.6) is 0 Å². The maximum absolute atomic E-state index is 12.7. The monoisotopic (exact) mass is 369 g/mol. The summed E-state index contributed by atoms with van der Waals surface area (Å²) in [6, 6.07) is 10.2. The van der Waals surface area contributed by atoms with Crippen LogP contribution in [0.25, 0.3) is 5.69 Å². The van der Waals surface area contributed by atoms with Crippen LogP contribution >= 0.6 is 0 Å². The van der Waals surface area contributed by atoms with Gasteiger partial charge < -0.3 is 10.6 Å². The van der Waals surface area contributed by atoms with Crippen LogP contribution in [0.1, 0.15) is 50.4 Å². The Morgan fingerprint density at radius 1 is 1.11 bits per heavy atom. The largest absolute Gasteiger partial charge is 0.352 e. The van der Waals surface area contributed by atoms with E-state index in [2.05, 4.69) is 24.5 Å². The number of nitrogens with one attached hydrogen (secondary N) is 2. The molecule has 27 heavy (non-hydrogen) atoms. The molecule has 0 saturated heterocycles. The molecule has 1 aromatic heterocycles. The van der Waals surface area contributed by atoms with E-state index in [1.54, 1.807) is 36.5 Å². The minimum absolute atomic E-state index is 0.0394. The topological polar surface area (TPSA) is 80.2 Å². The third kappa shape index (κ3) is 5.81. The Kier molecular flexibility index (Phi) is 7.34. The fraction of sp³-hybridized carbons (Fsp3) is 0.381. The molecule has 2 amide bonds. The smallest absolute Gasteiger partial charge is 0.267 e. The van der Waals surface area contributed by atoms with E-state index in [4.69, 9.17) is 0 Å². The zero-order chi connectivity index (χ0) is 19.8. The van der Waals surface area contributed by atoms with Gasteiger partial charge in [0.2, 0.25) is 5.91 Å². The van der Waals surface area contributed by atoms with Gasteiger partial charge in [-0.3, -0.25) is 19.0 Å². The number of carbonyl (C=O) groups is 2. The molecule has 0 aliphatic rings. The van der Waals surface area contributed by atoms with Gasteiger partial charge in [-0.2, -0.15) is 0 Å². The van der Waals surface area contributed by atoms with Gasteiger partial charge in [-0.05, 0) is 55.2 Å². The van der Waals surface area contributed by atoms with Crippen molar-refractivity contribution < 1.29 is 9.59 Å². The van der Waals surface area contributed by atoms with Gasteiger partial charge in [0.25, 0.3) is 11.5 Å². The van der Waals surface area contributed by atoms with Crippen LogP contribution in [0.15, 0.2) is 47.4 Å². The van der Waals surface area contributed by atoms with E-state index in [-0.39, 0.29) is 22.9 Å². The van der Waals surface area contributed by atoms with Gasteiger partial charge in [0, 0.05) is 30.5 Å². The maximum Gasteiger partial charge on any atom is 0.267 e. The molecule has 6 nitrogen and oxygen atoms in total. The average Bonchev–Trinajstić information content (AvgIpc) is 2.62. The molecule has 2 N–H and O–H groups in total. The predicted octanol–water partition coefficient (Wildman–Crippen LogP) is 3.35. The normalized spacial score (nSPS) is 10.7. The van der Waals surface area contributed by atoms with E-state index in [0.29, 0.717) is 30.3 Å². The maximum atomic E-state index is 12.7. The van der Waals surface area contributed by atoms with E-state index in [9.17, 15) is 14.4 Å². The Balaban J connectivity index is 2.16. The molecule has 0 fully saturated rings. The summed E-state index contributed by atoms with van der Waals surface area (Å²) < 4.78 is 1.43. The molecule has 6 heteroatoms. The molecule has 2 rings (SSSR count). The summed E-state index contributed by atoms with van der Waals surface area (Å²) in [4.78, 5) is 36.6. The molecule has 0 unspecified atom stereocenters. The van der Waals surface area contributed by atoms with Gasteiger partial charge in [0.15, 0.2) is 0 Å². The van der Waals surface area contributed by atoms with Gasteiger partial charge in [0.05, 0.1) is 0 Å². The van der Waals surface area contributed by atoms with Crippen molar-refractivity contribution >= 4 is 17.5 Å². The molecule has 1 aromatic carbocycles. The van der Waals surface area contributed by atoms with Crippen molar-refractivity contribution in [1.29, 1.82) is 0 Å². The number of hydrogen-bond donors (Lipinski definition) is 2. The Morgan fingerprint density at radius 3 is 2.44 bits per heavy atom. The molecule has 0 radical (unpaired) electrons. The fourth-order valence-corrected chi connectivity index (χ4v) is 2.60. The van der Waals surface area contributed by atoms with Crippen molar-refractivity contribution in [3.05, 3.63) is 58.5 Å². The van der Waals surface area contributed by atoms with Gasteiger partial charge >= 0.3 is 0 Å². The van der Waals surface area contributed by atoms with Crippen molar-refractivity contribution in [2.75, 3.05) is 11.9 Å². The second-order valence-corrected chi connectivity index (χ2v) is 6.88. The highest BCUT2D eigenvalue weighted by molar-refractivity contribution is 5.94. The quantitative estimate of drug-likeness (QED) is 0.749. The summed E-state index contributed by atoms with van der Waals surface area (Å²) in [7, 11) is 0. The van der Waals surface area contributed by atoms with Crippen LogP contribution in [0, 0.1) is 5.92 Å². The van der Waals surface area contributed by atoms with Crippen molar-refractivity contribution in [3.8, 4) is 5.69 Å². The van der Waals surface area contributed by atoms with E-state index < -0.39 is 0 Å². The third-order valence-electron chi connectivity index (χ3n) is 4.11. The van der Waals surface area contributed by atoms with Crippen molar-refractivity contribution in [2.24, 2.45) is 5.92 Å². The first-order valence-electron chi connectivity index (χ1n) is 9.32. The molecule has 0 bridgehead atoms. The Hall–Kier alpha value is -2.89. The summed E-state index contributed by atoms with van der Waals surface area (Å²) in [5, 5.41) is 5.60. The molecule has 0 saturated carbocycles. The summed E-state index contributed by atoms with van der Waals surface area (Å²) in [5.74, 6) is 0.0787. The van der Waals surface area contributed by atoms with Gasteiger partial charge in [-0.15, -0.1) is 0 Å². The average molecular weight is 369 g/mol. The molecule has 0 spiro atoms. The lowest BCUT2D eigenvalue weighted by atomic mass is 10.1. The van der Waals surface area contributed by atoms with E-state index in [1.165, 1.54) is 10.6 Å². The summed E-state index contributed by atoms with van der Waals surface area (Å²) in [5.41, 5.74) is 1.04. The second-order valence-electron chi connectivity index (χ2n) is 6.88. The van der Waals surface area contributed by atoms with Crippen LogP contribution in [-0.2, 0) is 4.79 Å². The van der Waals surface area contributed by atoms with Gasteiger partial charge in [-0.1, -0.05) is 20.8 Å². The standard InChI is InChI=1S/C21H27N3O3/c1-4-6-19(25)23-16-8-10-17(11-9-16)24-14-5-7-18(21(24)27)20(26)22-13-12-15(2)3/h5,7-11,14-15H,4,6,12-13H2,1-3H3,(H,22,26)(H,23,25). The first-order chi connectivity index (χ1) is 12.9. The number of carbonyl (C=O) groups excluding carboxylic acids is 2. The van der Waals surface area contributed by atoms with Crippen LogP contribution in [0.4, 0.5) is 5.69 Å². The Morgan fingerprint density at radius 2 is 1.81 bits per heavy atom. The molecule has 144 valence electrons. The van der Waals surface area contributed by atoms with Crippen LogP contribution in [0.3, 0.4) is 0 Å². The van der Waals surface area contributed by atoms with Crippen LogP contribution in [-0.4, -0.2) is 22.9 Å². The third-order valence-corrected chi connectivity index (χ3v) is 4.11. The SMILES string of the molecule is CCCC(=O)Nc1ccc(-n2cccc(C(=O)NCCC(C)C)c2=O)cc1. The first-order valence-corrected chi connectivity index (χ1v) is 9.32. The Bertz CT molecular complexity index is 838. The van der Waals surface area contributed by atoms with Crippen LogP contribution in [0.2, 0.25) is 0 Å². The highest BCUT2D eigenvalue weighted by Crippen LogP contribution is 2.13. The van der Waals surface area contributed by atoms with Crippen molar-refractivity contribution in [3.63, 3.8) is 0 Å². The number of nitrogens with zero attached hydrogens (tertiary/aromatic N) is 1. The molecular weight excluding hydrogens is 342 g/mol. The number of amides is 2. The Labute approximate surface area is 159 Å². The molecule has 1 heterocycles. The molecule has 0 aliphatic carbocycles. The highest BCUT2D eigenvalue weighted by atomic mass is 16.2. The minimum atomic E-state index is -0.373. The van der Waals surface area contributed by atoms with E-state index in [0.717, 1.165) is 12.8 Å². The summed E-state index contributed by atoms with van der Waals surface area (Å²) >= 11 is 0. The molecular formula is C21H27N3O3. The van der Waals surface area contributed by atoms with E-state index >= 15 is 0 Å². The number of aromatic nitrogens is 1. The highest BCUT2D eigenvalue weighted by Gasteiger charge is 2.13. The lowest BCUT2D eigenvalue weighted by Gasteiger charge is -2.10. The number of rotatable bonds is 8. The molecule has 0 aliphatic heterocycles. The van der Waals surface area contributed by atoms with Crippen LogP contribution < -0.4 is 16.2 Å². The lowest BCUT2D eigenvalue weighted by molar-refractivity contribution is -0.116. The fourth-order valence-electron chi connectivity index (χ4n) is 2.60. The molecule has 2 aromatic rings. The van der Waals surface area contributed by atoms with Crippen molar-refractivity contribution in [2.45, 2.75) is 40.0 Å². The zero-order valence-electron chi connectivity index (χ0n) is 16.1. The first kappa shape index (κ1) is 20.4. The number of anilines is 1. The summed E-state index contributed by atoms with van der Waals surface area (Å²) in [6.07, 6.45) is 3.73. The van der Waals surface area contributed by atoms with E-state index in [1.807, 2.05) is 6.92 Å². The zero-order valence-corrected chi connectivity index (χ0v) is 16.1. The minimum Gasteiger partial charge on any atom is -0.352 e. The second kappa shape index (κ2) is 9.71. The number of benzene rings is 1. The summed E-state index contributed by atoms with van der Waals surface area (Å²) in [6.45, 7) is 6.64. The predicted molar refractivity (Wildman–Crippen MR) is 107 cm³/mol. The number of hydrogen-bond acceptors (Lipinski definition) is 3.